The van der Waals surface area contributed by atoms with Crippen LogP contribution in [0.25, 0.3) is 5.65 Å². The van der Waals surface area contributed by atoms with Gasteiger partial charge in [0.1, 0.15) is 5.69 Å². The molecular formula is C20H14ClF5N6O. The van der Waals surface area contributed by atoms with Gasteiger partial charge in [0.05, 0.1) is 17.8 Å². The number of amides is 1. The molecule has 0 aliphatic carbocycles. The molecule has 3 heterocycles. The lowest BCUT2D eigenvalue weighted by Gasteiger charge is -2.20. The fraction of sp³-hybridized carbons (Fsp3) is 0.200. The standard InChI is InChI=1S/C20H14ClF5N6O/c1-11-5-16(19(22,23)20(24,25)26)32-17(28-11)7-15(30-32)18(33)29-14-4-2-3-12(6-14)9-31-10-13(21)8-27-31/h2-8,10H,9H2,1H3,(H,29,33). The Morgan fingerprint density at radius 1 is 1.15 bits per heavy atom. The lowest BCUT2D eigenvalue weighted by molar-refractivity contribution is -0.291. The molecule has 0 saturated heterocycles. The normalized spacial score (nSPS) is 12.3. The summed E-state index contributed by atoms with van der Waals surface area (Å²) in [5.74, 6) is -6.00. The zero-order valence-electron chi connectivity index (χ0n) is 16.7. The summed E-state index contributed by atoms with van der Waals surface area (Å²) in [6.07, 6.45) is -2.75. The Labute approximate surface area is 187 Å². The van der Waals surface area contributed by atoms with Crippen molar-refractivity contribution >= 4 is 28.8 Å². The Morgan fingerprint density at radius 3 is 2.58 bits per heavy atom. The topological polar surface area (TPSA) is 77.1 Å². The lowest BCUT2D eigenvalue weighted by atomic mass is 10.2. The van der Waals surface area contributed by atoms with Crippen LogP contribution in [-0.2, 0) is 12.5 Å². The second-order valence-corrected chi connectivity index (χ2v) is 7.60. The molecule has 172 valence electrons. The number of fused-ring (bicyclic) bond motifs is 1. The Balaban J connectivity index is 1.62. The van der Waals surface area contributed by atoms with E-state index >= 15 is 0 Å². The fourth-order valence-electron chi connectivity index (χ4n) is 3.13. The van der Waals surface area contributed by atoms with E-state index in [0.29, 0.717) is 27.8 Å². The van der Waals surface area contributed by atoms with Gasteiger partial charge in [-0.3, -0.25) is 9.48 Å². The Bertz CT molecular complexity index is 1350. The van der Waals surface area contributed by atoms with Gasteiger partial charge >= 0.3 is 12.1 Å². The average Bonchev–Trinajstić information content (AvgIpc) is 3.32. The second-order valence-electron chi connectivity index (χ2n) is 7.17. The van der Waals surface area contributed by atoms with Crippen LogP contribution in [0, 0.1) is 6.92 Å². The highest BCUT2D eigenvalue weighted by molar-refractivity contribution is 6.30. The first kappa shape index (κ1) is 22.6. The van der Waals surface area contributed by atoms with Gasteiger partial charge in [0.15, 0.2) is 11.3 Å². The number of carbonyl (C=O) groups is 1. The molecule has 4 aromatic rings. The number of nitrogens with one attached hydrogen (secondary N) is 1. The van der Waals surface area contributed by atoms with Crippen LogP contribution in [-0.4, -0.2) is 36.5 Å². The maximum Gasteiger partial charge on any atom is 0.459 e. The van der Waals surface area contributed by atoms with Gasteiger partial charge < -0.3 is 5.32 Å². The number of carbonyl (C=O) groups excluding carboxylic acids is 1. The SMILES string of the molecule is Cc1cc(C(F)(F)C(F)(F)F)n2nc(C(=O)Nc3cccc(Cn4cc(Cl)cn4)c3)cc2n1. The molecule has 3 aromatic heterocycles. The smallest absolute Gasteiger partial charge is 0.321 e. The molecule has 0 atom stereocenters. The molecular weight excluding hydrogens is 471 g/mol. The third-order valence-electron chi connectivity index (χ3n) is 4.60. The number of alkyl halides is 5. The van der Waals surface area contributed by atoms with Crippen LogP contribution in [0.4, 0.5) is 27.6 Å². The second kappa shape index (κ2) is 8.10. The minimum atomic E-state index is -5.85. The number of rotatable bonds is 5. The maximum atomic E-state index is 14.0. The van der Waals surface area contributed by atoms with Crippen molar-refractivity contribution in [1.82, 2.24) is 24.4 Å². The van der Waals surface area contributed by atoms with E-state index in [9.17, 15) is 26.7 Å². The van der Waals surface area contributed by atoms with Crippen molar-refractivity contribution in [3.63, 3.8) is 0 Å². The highest BCUT2D eigenvalue weighted by Gasteiger charge is 2.60. The van der Waals surface area contributed by atoms with Gasteiger partial charge in [0, 0.05) is 23.6 Å². The van der Waals surface area contributed by atoms with Crippen molar-refractivity contribution in [3.05, 3.63) is 76.5 Å². The number of benzene rings is 1. The van der Waals surface area contributed by atoms with Gasteiger partial charge in [-0.25, -0.2) is 9.50 Å². The third kappa shape index (κ3) is 4.51. The summed E-state index contributed by atoms with van der Waals surface area (Å²) >= 11 is 5.84. The van der Waals surface area contributed by atoms with E-state index in [1.165, 1.54) is 13.1 Å². The molecule has 0 spiro atoms. The summed E-state index contributed by atoms with van der Waals surface area (Å²) in [6.45, 7) is 1.63. The molecule has 0 aliphatic rings. The van der Waals surface area contributed by atoms with E-state index in [4.69, 9.17) is 11.6 Å². The van der Waals surface area contributed by atoms with Crippen LogP contribution in [0.1, 0.15) is 27.4 Å². The molecule has 33 heavy (non-hydrogen) atoms. The third-order valence-corrected chi connectivity index (χ3v) is 4.79. The van der Waals surface area contributed by atoms with Crippen molar-refractivity contribution in [2.24, 2.45) is 0 Å². The van der Waals surface area contributed by atoms with E-state index in [1.807, 2.05) is 0 Å². The van der Waals surface area contributed by atoms with Crippen molar-refractivity contribution in [3.8, 4) is 0 Å². The molecule has 0 bridgehead atoms. The highest BCUT2D eigenvalue weighted by Crippen LogP contribution is 2.43. The predicted octanol–water partition coefficient (Wildman–Crippen LogP) is 4.84. The molecule has 1 amide bonds. The van der Waals surface area contributed by atoms with E-state index < -0.39 is 23.7 Å². The molecule has 4 rings (SSSR count). The molecule has 0 fully saturated rings. The molecule has 7 nitrogen and oxygen atoms in total. The average molecular weight is 485 g/mol. The number of hydrogen-bond acceptors (Lipinski definition) is 4. The van der Waals surface area contributed by atoms with Crippen LogP contribution < -0.4 is 5.32 Å². The molecule has 0 saturated carbocycles. The fourth-order valence-corrected chi connectivity index (χ4v) is 3.29. The van der Waals surface area contributed by atoms with Gasteiger partial charge in [-0.1, -0.05) is 23.7 Å². The van der Waals surface area contributed by atoms with Crippen molar-refractivity contribution in [2.45, 2.75) is 25.6 Å². The molecule has 0 aliphatic heterocycles. The van der Waals surface area contributed by atoms with Crippen molar-refractivity contribution < 1.29 is 26.7 Å². The number of nitrogens with zero attached hydrogens (tertiary/aromatic N) is 5. The summed E-state index contributed by atoms with van der Waals surface area (Å²) in [4.78, 5) is 16.5. The Hall–Kier alpha value is -3.54. The Kier molecular flexibility index (Phi) is 5.56. The summed E-state index contributed by atoms with van der Waals surface area (Å²) in [5, 5.41) is 10.7. The predicted molar refractivity (Wildman–Crippen MR) is 108 cm³/mol. The number of halogens is 6. The van der Waals surface area contributed by atoms with Crippen LogP contribution in [0.5, 0.6) is 0 Å². The molecule has 13 heteroatoms. The molecule has 1 aromatic carbocycles. The number of hydrogen-bond donors (Lipinski definition) is 1. The van der Waals surface area contributed by atoms with Gasteiger partial charge in [-0.2, -0.15) is 32.1 Å². The first-order valence-corrected chi connectivity index (χ1v) is 9.72. The van der Waals surface area contributed by atoms with Crippen LogP contribution in [0.2, 0.25) is 5.02 Å². The van der Waals surface area contributed by atoms with Crippen LogP contribution in [0.15, 0.2) is 48.8 Å². The summed E-state index contributed by atoms with van der Waals surface area (Å²) in [5.41, 5.74) is -1.08. The number of anilines is 1. The summed E-state index contributed by atoms with van der Waals surface area (Å²) < 4.78 is 68.7. The first-order chi connectivity index (χ1) is 15.4. The minimum absolute atomic E-state index is 0.0836. The van der Waals surface area contributed by atoms with E-state index in [-0.39, 0.29) is 17.0 Å². The zero-order chi connectivity index (χ0) is 24.0. The van der Waals surface area contributed by atoms with E-state index in [0.717, 1.165) is 11.6 Å². The first-order valence-electron chi connectivity index (χ1n) is 9.35. The lowest BCUT2D eigenvalue weighted by Crippen LogP contribution is -2.36. The quantitative estimate of drug-likeness (QED) is 0.411. The largest absolute Gasteiger partial charge is 0.459 e. The minimum Gasteiger partial charge on any atom is -0.321 e. The Morgan fingerprint density at radius 2 is 1.91 bits per heavy atom. The van der Waals surface area contributed by atoms with E-state index in [1.54, 1.807) is 35.1 Å². The molecule has 0 radical (unpaired) electrons. The van der Waals surface area contributed by atoms with Crippen LogP contribution in [0.3, 0.4) is 0 Å². The number of aromatic nitrogens is 5. The monoisotopic (exact) mass is 484 g/mol. The van der Waals surface area contributed by atoms with Gasteiger partial charge in [-0.05, 0) is 30.7 Å². The van der Waals surface area contributed by atoms with Crippen molar-refractivity contribution in [2.75, 3.05) is 5.32 Å². The van der Waals surface area contributed by atoms with Gasteiger partial charge in [0.25, 0.3) is 5.91 Å². The van der Waals surface area contributed by atoms with Crippen LogP contribution >= 0.6 is 11.6 Å². The zero-order valence-corrected chi connectivity index (χ0v) is 17.5. The van der Waals surface area contributed by atoms with Crippen molar-refractivity contribution in [1.29, 1.82) is 0 Å². The summed E-state index contributed by atoms with van der Waals surface area (Å²) in [7, 11) is 0. The molecule has 0 unspecified atom stereocenters. The number of aryl methyl sites for hydroxylation is 1. The molecule has 1 N–H and O–H groups in total. The maximum absolute atomic E-state index is 14.0. The highest BCUT2D eigenvalue weighted by atomic mass is 35.5. The summed E-state index contributed by atoms with van der Waals surface area (Å²) in [6, 6.07) is 8.31. The van der Waals surface area contributed by atoms with Gasteiger partial charge in [-0.15, -0.1) is 0 Å². The van der Waals surface area contributed by atoms with Gasteiger partial charge in [0.2, 0.25) is 0 Å². The van der Waals surface area contributed by atoms with E-state index in [2.05, 4.69) is 20.5 Å².